The number of thiophene rings is 3. The molecule has 16 nitrogen and oxygen atoms in total. The highest BCUT2D eigenvalue weighted by atomic mass is 35.5. The van der Waals surface area contributed by atoms with E-state index in [0.29, 0.717) is 11.8 Å². The molecule has 4 spiro atoms. The summed E-state index contributed by atoms with van der Waals surface area (Å²) in [5, 5.41) is 42.0. The van der Waals surface area contributed by atoms with Crippen LogP contribution in [0.2, 0.25) is 20.1 Å². The maximum Gasteiger partial charge on any atom is 0.166 e. The summed E-state index contributed by atoms with van der Waals surface area (Å²) in [6.07, 6.45) is 6.08. The molecule has 0 radical (unpaired) electrons. The van der Waals surface area contributed by atoms with E-state index in [2.05, 4.69) is 169 Å². The fraction of sp³-hybridized carbons (Fsp3) is 0.308. The minimum Gasteiger partial charge on any atom is -0.280 e. The van der Waals surface area contributed by atoms with Gasteiger partial charge in [-0.1, -0.05) is 127 Å². The number of rotatable bonds is 4. The van der Waals surface area contributed by atoms with Crippen molar-refractivity contribution in [2.75, 3.05) is 0 Å². The normalized spacial score (nSPS) is 20.3. The SMILES string of the molecule is Cc1nnc2n1-c1ccccc1C(c1ccc(Cl)cc1)=NC21CC1.Cc1sc2c(c1C)C(c1ccc(Cl)cc1)=NC1(CC1)c1nnc(C)n1-2.Cc1sc2c(c1C)C(c1ccc(Cl)cc1)=N[C@@]1(C[C@@H]1C)c1nnc(C)n1-2.Cc1sc2c(c1C)C(c1ccc(Cl)cc1)=N[C@]1(C[C@H]1C)c1nnc(C)n1-2. The van der Waals surface area contributed by atoms with Crippen LogP contribution in [0.3, 0.4) is 0 Å². The molecule has 4 aliphatic carbocycles. The number of benzene rings is 5. The highest BCUT2D eigenvalue weighted by Gasteiger charge is 2.60. The van der Waals surface area contributed by atoms with Gasteiger partial charge in [0.2, 0.25) is 0 Å². The number of para-hydroxylation sites is 1. The molecule has 0 bridgehead atoms. The number of aromatic nitrogens is 12. The Hall–Kier alpha value is -8.40. The molecular weight excluding hydrogens is 1400 g/mol. The first kappa shape index (κ1) is 65.9. The molecule has 0 amide bonds. The second-order valence-corrected chi connectivity index (χ2v) is 33.4. The highest BCUT2D eigenvalue weighted by Crippen LogP contribution is 2.60. The van der Waals surface area contributed by atoms with Gasteiger partial charge in [-0.25, -0.2) is 0 Å². The third-order valence-electron chi connectivity index (χ3n) is 21.5. The van der Waals surface area contributed by atoms with Crippen LogP contribution in [-0.2, 0) is 22.2 Å². The fourth-order valence-corrected chi connectivity index (χ4v) is 19.0. The van der Waals surface area contributed by atoms with Crippen molar-refractivity contribution in [2.45, 2.75) is 144 Å². The van der Waals surface area contributed by atoms with Crippen molar-refractivity contribution in [1.29, 1.82) is 0 Å². The summed E-state index contributed by atoms with van der Waals surface area (Å²) in [6, 6.07) is 40.2. The molecule has 4 atom stereocenters. The van der Waals surface area contributed by atoms with Crippen LogP contribution in [0.1, 0.15) is 175 Å². The molecule has 7 aromatic heterocycles. The van der Waals surface area contributed by atoms with Crippen LogP contribution in [0.5, 0.6) is 0 Å². The van der Waals surface area contributed by atoms with Crippen molar-refractivity contribution in [3.05, 3.63) is 264 Å². The monoisotopic (exact) mass is 1470 g/mol. The molecule has 11 heterocycles. The Balaban J connectivity index is 0.000000100. The van der Waals surface area contributed by atoms with Gasteiger partial charge in [0.15, 0.2) is 23.3 Å². The molecule has 0 saturated heterocycles. The van der Waals surface area contributed by atoms with Crippen LogP contribution >= 0.6 is 80.4 Å². The van der Waals surface area contributed by atoms with Crippen LogP contribution in [-0.4, -0.2) is 81.9 Å². The Kier molecular flexibility index (Phi) is 15.7. The van der Waals surface area contributed by atoms with Crippen molar-refractivity contribution < 1.29 is 0 Å². The number of fused-ring (bicyclic) bond motifs is 16. The Labute approximate surface area is 617 Å². The molecule has 4 aliphatic heterocycles. The smallest absolute Gasteiger partial charge is 0.166 e. The average molecular weight is 1470 g/mol. The zero-order valence-electron chi connectivity index (χ0n) is 57.8. The lowest BCUT2D eigenvalue weighted by Crippen LogP contribution is -2.14. The van der Waals surface area contributed by atoms with E-state index < -0.39 is 0 Å². The van der Waals surface area contributed by atoms with Crippen LogP contribution in [0.15, 0.2) is 141 Å². The molecule has 12 aromatic rings. The van der Waals surface area contributed by atoms with Gasteiger partial charge < -0.3 is 0 Å². The topological polar surface area (TPSA) is 172 Å². The van der Waals surface area contributed by atoms with E-state index in [-0.39, 0.29) is 22.2 Å². The number of halogens is 4. The van der Waals surface area contributed by atoms with Gasteiger partial charge in [-0.2, -0.15) is 0 Å². The Morgan fingerprint density at radius 1 is 0.347 bits per heavy atom. The van der Waals surface area contributed by atoms with Crippen molar-refractivity contribution >= 4 is 103 Å². The van der Waals surface area contributed by atoms with Gasteiger partial charge in [0.25, 0.3) is 0 Å². The molecule has 101 heavy (non-hydrogen) atoms. The summed E-state index contributed by atoms with van der Waals surface area (Å²) in [5.74, 6) is 8.50. The summed E-state index contributed by atoms with van der Waals surface area (Å²) in [6.45, 7) is 25.6. The summed E-state index contributed by atoms with van der Waals surface area (Å²) in [4.78, 5) is 25.0. The van der Waals surface area contributed by atoms with Gasteiger partial charge in [-0.3, -0.25) is 38.2 Å². The quantitative estimate of drug-likeness (QED) is 0.167. The first-order valence-corrected chi connectivity index (χ1v) is 38.0. The van der Waals surface area contributed by atoms with E-state index in [4.69, 9.17) is 66.4 Å². The number of hydrogen-bond acceptors (Lipinski definition) is 15. The van der Waals surface area contributed by atoms with Crippen molar-refractivity contribution in [2.24, 2.45) is 31.8 Å². The average Bonchev–Trinajstić information content (AvgIpc) is 1.55. The summed E-state index contributed by atoms with van der Waals surface area (Å²) < 4.78 is 8.85. The molecule has 508 valence electrons. The molecule has 4 saturated carbocycles. The lowest BCUT2D eigenvalue weighted by atomic mass is 9.99. The highest BCUT2D eigenvalue weighted by molar-refractivity contribution is 7.16. The van der Waals surface area contributed by atoms with Gasteiger partial charge in [0.1, 0.15) is 60.5 Å². The van der Waals surface area contributed by atoms with Gasteiger partial charge in [0, 0.05) is 79.2 Å². The third-order valence-corrected chi connectivity index (χ3v) is 26.0. The van der Waals surface area contributed by atoms with Crippen molar-refractivity contribution in [3.8, 4) is 20.7 Å². The standard InChI is InChI=1S/2C20H19ClN4S.C19H17ClN4S.C19H15ClN4/c2*1-10-9-20(10)19-24-23-13(4)25(19)18-16(11(2)12(3)26-18)17(22-20)14-5-7-15(21)8-6-14;1-10-11(2)25-17-15(10)16(13-4-6-14(20)7-5-13)21-19(8-9-19)18-23-22-12(3)24(17)18;1-12-22-23-18-19(10-11-19)21-17(13-6-8-14(20)9-7-13)15-4-2-3-5-16(15)24(12)18/h2*5-8,10H,9H2,1-4H3;4-7H,8-9H2,1-3H3;2-9H,10-11H2,1H3/t2*10-,20+;;/m10../s1. The van der Waals surface area contributed by atoms with Gasteiger partial charge in [0.05, 0.1) is 28.5 Å². The van der Waals surface area contributed by atoms with Crippen LogP contribution in [0, 0.1) is 81.1 Å². The van der Waals surface area contributed by atoms with Crippen molar-refractivity contribution in [1.82, 2.24) is 59.1 Å². The predicted octanol–water partition coefficient (Wildman–Crippen LogP) is 18.8. The van der Waals surface area contributed by atoms with E-state index in [1.54, 1.807) is 34.0 Å². The molecule has 0 N–H and O–H groups in total. The summed E-state index contributed by atoms with van der Waals surface area (Å²) >= 11 is 29.8. The van der Waals surface area contributed by atoms with Gasteiger partial charge >= 0.3 is 0 Å². The zero-order valence-corrected chi connectivity index (χ0v) is 63.3. The molecular formula is C78H70Cl4N16S3. The summed E-state index contributed by atoms with van der Waals surface area (Å²) in [7, 11) is 0. The molecule has 23 heteroatoms. The van der Waals surface area contributed by atoms with Crippen LogP contribution in [0.4, 0.5) is 0 Å². The Bertz CT molecular complexity index is 5360. The van der Waals surface area contributed by atoms with Gasteiger partial charge in [-0.05, 0) is 191 Å². The molecule has 0 unspecified atom stereocenters. The maximum absolute atomic E-state index is 6.13. The second kappa shape index (κ2) is 24.1. The Morgan fingerprint density at radius 2 is 0.634 bits per heavy atom. The predicted molar refractivity (Wildman–Crippen MR) is 408 cm³/mol. The number of nitrogens with zero attached hydrogens (tertiary/aromatic N) is 16. The molecule has 4 fully saturated rings. The lowest BCUT2D eigenvalue weighted by Gasteiger charge is -2.12. The molecule has 8 aliphatic rings. The van der Waals surface area contributed by atoms with E-state index in [1.165, 1.54) is 63.0 Å². The van der Waals surface area contributed by atoms with E-state index in [1.807, 2.05) is 94.4 Å². The number of hydrogen-bond donors (Lipinski definition) is 0. The minimum atomic E-state index is -0.269. The van der Waals surface area contributed by atoms with Gasteiger partial charge in [-0.15, -0.1) is 74.8 Å². The van der Waals surface area contributed by atoms with Crippen LogP contribution < -0.4 is 0 Å². The first-order chi connectivity index (χ1) is 48.5. The fourth-order valence-electron chi connectivity index (χ4n) is 14.8. The van der Waals surface area contributed by atoms with Crippen molar-refractivity contribution in [3.63, 3.8) is 0 Å². The largest absolute Gasteiger partial charge is 0.280 e. The third kappa shape index (κ3) is 10.7. The Morgan fingerprint density at radius 3 is 0.980 bits per heavy atom. The minimum absolute atomic E-state index is 0.227. The second-order valence-electron chi connectivity index (χ2n) is 28.0. The van der Waals surface area contributed by atoms with Crippen LogP contribution in [0.25, 0.3) is 20.7 Å². The zero-order chi connectivity index (χ0) is 70.1. The van der Waals surface area contributed by atoms with E-state index in [0.717, 1.165) is 162 Å². The first-order valence-electron chi connectivity index (χ1n) is 34.1. The lowest BCUT2D eigenvalue weighted by molar-refractivity contribution is 0.607. The van der Waals surface area contributed by atoms with E-state index in [9.17, 15) is 0 Å². The summed E-state index contributed by atoms with van der Waals surface area (Å²) in [5.41, 5.74) is 17.2. The van der Waals surface area contributed by atoms with E-state index >= 15 is 0 Å². The number of aliphatic imine (C=N–C) groups is 4. The maximum atomic E-state index is 6.13. The molecule has 20 rings (SSSR count). The molecule has 5 aromatic carbocycles. The number of aryl methyl sites for hydroxylation is 7.